The van der Waals surface area contributed by atoms with Gasteiger partial charge in [-0.05, 0) is 48.4 Å². The maximum absolute atomic E-state index is 13.5. The molecule has 0 bridgehead atoms. The minimum absolute atomic E-state index is 0.0213. The zero-order valence-corrected chi connectivity index (χ0v) is 21.7. The van der Waals surface area contributed by atoms with Crippen LogP contribution in [0, 0.1) is 17.0 Å². The molecule has 3 aromatic rings. The first-order valence-electron chi connectivity index (χ1n) is 12.1. The summed E-state index contributed by atoms with van der Waals surface area (Å²) in [6.07, 6.45) is -0.178. The molecular formula is C27H29N3O7S. The van der Waals surface area contributed by atoms with Crippen molar-refractivity contribution in [2.24, 2.45) is 0 Å². The van der Waals surface area contributed by atoms with Crippen LogP contribution in [0.4, 0.5) is 5.69 Å². The van der Waals surface area contributed by atoms with Gasteiger partial charge in [-0.15, -0.1) is 0 Å². The number of aliphatic carboxylic acids is 1. The molecule has 1 heterocycles. The van der Waals surface area contributed by atoms with E-state index in [0.717, 1.165) is 11.1 Å². The average molecular weight is 540 g/mol. The summed E-state index contributed by atoms with van der Waals surface area (Å²) >= 11 is 0. The summed E-state index contributed by atoms with van der Waals surface area (Å²) in [4.78, 5) is 23.9. The second kappa shape index (κ2) is 11.7. The number of aryl methyl sites for hydroxylation is 1. The van der Waals surface area contributed by atoms with E-state index in [4.69, 9.17) is 4.74 Å². The summed E-state index contributed by atoms with van der Waals surface area (Å²) in [6, 6.07) is 17.9. The third kappa shape index (κ3) is 6.55. The number of benzene rings is 3. The molecule has 1 unspecified atom stereocenters. The van der Waals surface area contributed by atoms with E-state index in [-0.39, 0.29) is 36.7 Å². The average Bonchev–Trinajstić information content (AvgIpc) is 2.88. The molecule has 4 rings (SSSR count). The fraction of sp³-hybridized carbons (Fsp3) is 0.296. The van der Waals surface area contributed by atoms with Gasteiger partial charge in [-0.1, -0.05) is 29.8 Å². The fourth-order valence-electron chi connectivity index (χ4n) is 4.37. The Bertz CT molecular complexity index is 1410. The second-order valence-corrected chi connectivity index (χ2v) is 11.3. The summed E-state index contributed by atoms with van der Waals surface area (Å²) in [5.41, 5.74) is 2.90. The molecule has 0 spiro atoms. The maximum atomic E-state index is 13.5. The molecule has 1 atom stereocenters. The number of carboxylic acids is 1. The van der Waals surface area contributed by atoms with Crippen molar-refractivity contribution < 1.29 is 28.0 Å². The van der Waals surface area contributed by atoms with Crippen molar-refractivity contribution in [2.75, 3.05) is 19.6 Å². The van der Waals surface area contributed by atoms with Crippen LogP contribution in [-0.2, 0) is 34.2 Å². The number of nitrogens with zero attached hydrogens (tertiary/aromatic N) is 2. The maximum Gasteiger partial charge on any atom is 0.307 e. The normalized spacial score (nSPS) is 16.2. The van der Waals surface area contributed by atoms with Crippen LogP contribution >= 0.6 is 0 Å². The van der Waals surface area contributed by atoms with Gasteiger partial charge in [0.15, 0.2) is 9.84 Å². The van der Waals surface area contributed by atoms with Crippen LogP contribution in [0.15, 0.2) is 71.6 Å². The van der Waals surface area contributed by atoms with Gasteiger partial charge in [0.25, 0.3) is 5.69 Å². The number of rotatable bonds is 10. The number of nitrogens with one attached hydrogen (secondary N) is 1. The predicted molar refractivity (Wildman–Crippen MR) is 141 cm³/mol. The van der Waals surface area contributed by atoms with Gasteiger partial charge in [0.05, 0.1) is 16.2 Å². The van der Waals surface area contributed by atoms with Gasteiger partial charge in [-0.3, -0.25) is 19.8 Å². The number of carbonyl (C=O) groups is 1. The molecule has 0 amide bonds. The quantitative estimate of drug-likeness (QED) is 0.293. The summed E-state index contributed by atoms with van der Waals surface area (Å²) < 4.78 is 33.1. The Morgan fingerprint density at radius 3 is 2.45 bits per heavy atom. The predicted octanol–water partition coefficient (Wildman–Crippen LogP) is 3.31. The molecule has 200 valence electrons. The van der Waals surface area contributed by atoms with E-state index < -0.39 is 26.1 Å². The Morgan fingerprint density at radius 2 is 1.79 bits per heavy atom. The van der Waals surface area contributed by atoms with Crippen molar-refractivity contribution in [3.05, 3.63) is 99.1 Å². The number of hydrogen-bond donors (Lipinski definition) is 2. The smallest absolute Gasteiger partial charge is 0.307 e. The monoisotopic (exact) mass is 539 g/mol. The molecule has 1 aliphatic heterocycles. The van der Waals surface area contributed by atoms with Crippen molar-refractivity contribution in [3.8, 4) is 5.75 Å². The number of sulfone groups is 1. The summed E-state index contributed by atoms with van der Waals surface area (Å²) in [5, 5.41) is 22.6. The van der Waals surface area contributed by atoms with Crippen LogP contribution < -0.4 is 10.1 Å². The van der Waals surface area contributed by atoms with Crippen LogP contribution in [0.1, 0.15) is 22.3 Å². The Balaban J connectivity index is 1.60. The van der Waals surface area contributed by atoms with E-state index in [1.165, 1.54) is 12.1 Å². The molecule has 38 heavy (non-hydrogen) atoms. The van der Waals surface area contributed by atoms with E-state index in [9.17, 15) is 28.4 Å². The van der Waals surface area contributed by atoms with Crippen molar-refractivity contribution in [3.63, 3.8) is 0 Å². The first-order valence-corrected chi connectivity index (χ1v) is 13.6. The third-order valence-electron chi connectivity index (χ3n) is 6.40. The van der Waals surface area contributed by atoms with Gasteiger partial charge in [-0.25, -0.2) is 8.42 Å². The topological polar surface area (TPSA) is 139 Å². The minimum Gasteiger partial charge on any atom is -0.489 e. The van der Waals surface area contributed by atoms with Crippen LogP contribution in [0.25, 0.3) is 0 Å². The molecule has 1 saturated heterocycles. The Morgan fingerprint density at radius 1 is 1.11 bits per heavy atom. The highest BCUT2D eigenvalue weighted by molar-refractivity contribution is 7.92. The van der Waals surface area contributed by atoms with Crippen LogP contribution in [0.2, 0.25) is 0 Å². The van der Waals surface area contributed by atoms with Crippen LogP contribution in [0.5, 0.6) is 5.75 Å². The van der Waals surface area contributed by atoms with Crippen molar-refractivity contribution >= 4 is 21.5 Å². The molecule has 1 aliphatic rings. The second-order valence-electron chi connectivity index (χ2n) is 9.21. The lowest BCUT2D eigenvalue weighted by Gasteiger charge is -2.36. The van der Waals surface area contributed by atoms with Gasteiger partial charge in [0, 0.05) is 43.9 Å². The molecule has 10 nitrogen and oxygen atoms in total. The first-order chi connectivity index (χ1) is 18.1. The number of ether oxygens (including phenoxy) is 1. The zero-order valence-electron chi connectivity index (χ0n) is 20.9. The molecule has 0 aromatic heterocycles. The van der Waals surface area contributed by atoms with Crippen molar-refractivity contribution in [1.29, 1.82) is 0 Å². The highest BCUT2D eigenvalue weighted by Crippen LogP contribution is 2.28. The van der Waals surface area contributed by atoms with E-state index in [1.54, 1.807) is 54.6 Å². The highest BCUT2D eigenvalue weighted by atomic mass is 32.2. The zero-order chi connectivity index (χ0) is 27.3. The van der Waals surface area contributed by atoms with Crippen molar-refractivity contribution in [1.82, 2.24) is 10.2 Å². The largest absolute Gasteiger partial charge is 0.489 e. The van der Waals surface area contributed by atoms with E-state index in [2.05, 4.69) is 5.32 Å². The summed E-state index contributed by atoms with van der Waals surface area (Å²) in [7, 11) is -3.68. The molecule has 0 aliphatic carbocycles. The molecule has 0 radical (unpaired) electrons. The Kier molecular flexibility index (Phi) is 8.40. The first kappa shape index (κ1) is 27.2. The third-order valence-corrected chi connectivity index (χ3v) is 8.52. The number of non-ortho nitro benzene ring substituents is 1. The van der Waals surface area contributed by atoms with Gasteiger partial charge in [0.2, 0.25) is 0 Å². The Hall–Kier alpha value is -3.80. The number of piperazine rings is 1. The van der Waals surface area contributed by atoms with Gasteiger partial charge in [0.1, 0.15) is 17.7 Å². The highest BCUT2D eigenvalue weighted by Gasteiger charge is 2.35. The molecule has 1 fully saturated rings. The van der Waals surface area contributed by atoms with E-state index in [1.807, 2.05) is 11.8 Å². The van der Waals surface area contributed by atoms with Gasteiger partial charge >= 0.3 is 5.97 Å². The van der Waals surface area contributed by atoms with Gasteiger partial charge in [-0.2, -0.15) is 0 Å². The van der Waals surface area contributed by atoms with Crippen LogP contribution in [0.3, 0.4) is 0 Å². The molecule has 0 saturated carbocycles. The lowest BCUT2D eigenvalue weighted by Crippen LogP contribution is -2.54. The number of nitro groups is 1. The minimum atomic E-state index is -3.68. The lowest BCUT2D eigenvalue weighted by molar-refractivity contribution is -0.384. The molecular weight excluding hydrogens is 510 g/mol. The summed E-state index contributed by atoms with van der Waals surface area (Å²) in [5.74, 6) is -0.486. The number of hydrogen-bond acceptors (Lipinski definition) is 8. The number of nitro benzene ring substituents is 1. The molecule has 11 heteroatoms. The summed E-state index contributed by atoms with van der Waals surface area (Å²) in [6.45, 7) is 3.60. The standard InChI is InChI=1S/C27H29N3O7S/c1-19-2-9-24(10-3-19)38(35,36)26-16-28-12-13-29(26)17-22-14-21(15-27(31)32)6-11-25(22)37-18-20-4-7-23(8-5-20)30(33)34/h2-11,14,26,28H,12-13,15-18H2,1H3,(H,31,32). The fourth-order valence-corrected chi connectivity index (χ4v) is 6.11. The molecule has 3 aromatic carbocycles. The molecule has 2 N–H and O–H groups in total. The van der Waals surface area contributed by atoms with Gasteiger partial charge < -0.3 is 15.2 Å². The Labute approximate surface area is 220 Å². The van der Waals surface area contributed by atoms with E-state index in [0.29, 0.717) is 30.0 Å². The van der Waals surface area contributed by atoms with E-state index >= 15 is 0 Å². The number of carboxylic acid groups (broad SMARTS) is 1. The SMILES string of the molecule is Cc1ccc(S(=O)(=O)C2CNCCN2Cc2cc(CC(=O)O)ccc2OCc2ccc([N+](=O)[O-])cc2)cc1. The van der Waals surface area contributed by atoms with Crippen molar-refractivity contribution in [2.45, 2.75) is 36.8 Å². The lowest BCUT2D eigenvalue weighted by atomic mass is 10.1. The van der Waals surface area contributed by atoms with Crippen LogP contribution in [-0.4, -0.2) is 54.3 Å².